The van der Waals surface area contributed by atoms with E-state index in [4.69, 9.17) is 4.74 Å². The first-order chi connectivity index (χ1) is 22.0. The molecule has 9 heteroatoms. The van der Waals surface area contributed by atoms with E-state index in [0.717, 1.165) is 23.0 Å². The number of aldehydes is 1. The smallest absolute Gasteiger partial charge is 0.331 e. The topological polar surface area (TPSA) is 157 Å². The minimum atomic E-state index is -1.66. The average Bonchev–Trinajstić information content (AvgIpc) is 3.54. The molecule has 1 heterocycles. The van der Waals surface area contributed by atoms with Gasteiger partial charge in [0.2, 0.25) is 0 Å². The molecule has 0 radical (unpaired) electrons. The van der Waals surface area contributed by atoms with Crippen LogP contribution in [0.15, 0.2) is 35.9 Å². The largest absolute Gasteiger partial charge is 0.454 e. The molecule has 246 valence electrons. The molecule has 5 fully saturated rings. The number of carbonyl (C=O) groups excluding carboxylic acids is 2. The first kappa shape index (κ1) is 30.7. The molecule has 5 saturated carbocycles. The van der Waals surface area contributed by atoms with Crippen LogP contribution in [0.3, 0.4) is 0 Å². The zero-order valence-electron chi connectivity index (χ0n) is 26.2. The molecule has 0 unspecified atom stereocenters. The first-order valence-electron chi connectivity index (χ1n) is 17.2. The third-order valence-corrected chi connectivity index (χ3v) is 14.1. The van der Waals surface area contributed by atoms with E-state index in [1.165, 1.54) is 0 Å². The van der Waals surface area contributed by atoms with Crippen LogP contribution in [0.1, 0.15) is 81.8 Å². The van der Waals surface area contributed by atoms with Gasteiger partial charge in [0.25, 0.3) is 0 Å². The summed E-state index contributed by atoms with van der Waals surface area (Å²) in [5.41, 5.74) is -4.00. The summed E-state index contributed by atoms with van der Waals surface area (Å²) in [6.07, 6.45) is 5.54. The van der Waals surface area contributed by atoms with Gasteiger partial charge in [-0.3, -0.25) is 5.32 Å². The molecule has 9 nitrogen and oxygen atoms in total. The molecule has 1 aromatic rings. The zero-order valence-corrected chi connectivity index (χ0v) is 26.2. The van der Waals surface area contributed by atoms with Crippen molar-refractivity contribution in [3.8, 4) is 11.8 Å². The van der Waals surface area contributed by atoms with E-state index in [1.54, 1.807) is 6.08 Å². The lowest BCUT2D eigenvalue weighted by molar-refractivity contribution is -0.319. The van der Waals surface area contributed by atoms with Gasteiger partial charge in [-0.05, 0) is 93.2 Å². The summed E-state index contributed by atoms with van der Waals surface area (Å²) in [7, 11) is 0. The summed E-state index contributed by atoms with van der Waals surface area (Å²) < 4.78 is 6.06. The van der Waals surface area contributed by atoms with Gasteiger partial charge in [0.15, 0.2) is 0 Å². The van der Waals surface area contributed by atoms with Crippen LogP contribution in [0.2, 0.25) is 0 Å². The van der Waals surface area contributed by atoms with Gasteiger partial charge in [0, 0.05) is 47.8 Å². The van der Waals surface area contributed by atoms with Crippen LogP contribution < -0.4 is 5.32 Å². The molecule has 12 atom stereocenters. The Morgan fingerprint density at radius 3 is 2.67 bits per heavy atom. The molecule has 46 heavy (non-hydrogen) atoms. The van der Waals surface area contributed by atoms with E-state index in [1.807, 2.05) is 18.2 Å². The maximum absolute atomic E-state index is 13.4. The van der Waals surface area contributed by atoms with Crippen molar-refractivity contribution in [3.05, 3.63) is 47.0 Å². The molecule has 0 saturated heterocycles. The molecule has 1 spiro atoms. The van der Waals surface area contributed by atoms with Crippen molar-refractivity contribution in [2.24, 2.45) is 34.5 Å². The van der Waals surface area contributed by atoms with Gasteiger partial charge >= 0.3 is 5.97 Å². The van der Waals surface area contributed by atoms with Crippen molar-refractivity contribution in [1.82, 2.24) is 5.32 Å². The van der Waals surface area contributed by atoms with Crippen LogP contribution >= 0.6 is 0 Å². The summed E-state index contributed by atoms with van der Waals surface area (Å²) in [4.78, 5) is 26.2. The molecule has 1 aliphatic heterocycles. The molecule has 7 aliphatic rings. The molecular formula is C37H45NO8. The van der Waals surface area contributed by atoms with E-state index < -0.39 is 51.7 Å². The van der Waals surface area contributed by atoms with Crippen LogP contribution in [-0.2, 0) is 20.7 Å². The summed E-state index contributed by atoms with van der Waals surface area (Å²) in [5, 5.41) is 62.3. The molecular weight excluding hydrogens is 586 g/mol. The Kier molecular flexibility index (Phi) is 6.99. The Bertz CT molecular complexity index is 1550. The van der Waals surface area contributed by atoms with Crippen molar-refractivity contribution < 1.29 is 39.9 Å². The highest BCUT2D eigenvalue weighted by Crippen LogP contribution is 2.75. The van der Waals surface area contributed by atoms with Gasteiger partial charge in [-0.15, -0.1) is 0 Å². The summed E-state index contributed by atoms with van der Waals surface area (Å²) >= 11 is 0. The normalized spacial score (nSPS) is 48.8. The van der Waals surface area contributed by atoms with Gasteiger partial charge < -0.3 is 35.1 Å². The lowest BCUT2D eigenvalue weighted by Crippen LogP contribution is -2.77. The standard InChI is InChI=1S/C37H45NO8/c39-20-34-11-8-25(41)19-35(34,43)13-14-36(44)29(34)9-12-33-10-4-3-6-22-5-1-2-7-23(22)16-28(38-21-40)26-15-24(18-37(33,36)45)31(33)27-17-30(42)46-32(26)27/h1-2,5,7,17,20,24-26,28-29,31-32,38,40-41,43-45H,4,8-16,18-19,21H2/t24-,25+,26-,28-,29+,31-,32+,33-,34+,35-,36+,37+/m1/s1. The third kappa shape index (κ3) is 3.86. The maximum Gasteiger partial charge on any atom is 0.331 e. The van der Waals surface area contributed by atoms with Crippen LogP contribution in [-0.4, -0.2) is 79.6 Å². The molecule has 4 bridgehead atoms. The van der Waals surface area contributed by atoms with Crippen molar-refractivity contribution in [1.29, 1.82) is 0 Å². The minimum Gasteiger partial charge on any atom is -0.454 e. The predicted molar refractivity (Wildman–Crippen MR) is 166 cm³/mol. The second-order valence-corrected chi connectivity index (χ2v) is 15.6. The molecule has 1 aromatic carbocycles. The number of aliphatic hydroxyl groups excluding tert-OH is 2. The molecule has 6 N–H and O–H groups in total. The lowest BCUT2D eigenvalue weighted by atomic mass is 9.39. The van der Waals surface area contributed by atoms with Crippen LogP contribution in [0.25, 0.3) is 0 Å². The van der Waals surface area contributed by atoms with Crippen LogP contribution in [0, 0.1) is 46.3 Å². The van der Waals surface area contributed by atoms with Gasteiger partial charge in [-0.1, -0.05) is 30.0 Å². The molecule has 8 rings (SSSR count). The number of esters is 1. The number of fused-ring (bicyclic) bond motifs is 8. The minimum absolute atomic E-state index is 0.0807. The van der Waals surface area contributed by atoms with E-state index in [0.29, 0.717) is 51.4 Å². The van der Waals surface area contributed by atoms with Crippen molar-refractivity contribution in [2.75, 3.05) is 6.73 Å². The van der Waals surface area contributed by atoms with E-state index >= 15 is 0 Å². The average molecular weight is 632 g/mol. The quantitative estimate of drug-likeness (QED) is 0.127. The fourth-order valence-corrected chi connectivity index (χ4v) is 12.4. The highest BCUT2D eigenvalue weighted by molar-refractivity contribution is 5.86. The Morgan fingerprint density at radius 1 is 1.04 bits per heavy atom. The Labute approximate surface area is 269 Å². The summed E-state index contributed by atoms with van der Waals surface area (Å²) in [5.74, 6) is 5.19. The van der Waals surface area contributed by atoms with Gasteiger partial charge in [0.1, 0.15) is 18.0 Å². The van der Waals surface area contributed by atoms with Gasteiger partial charge in [0.05, 0.1) is 29.5 Å². The number of benzene rings is 1. The lowest BCUT2D eigenvalue weighted by Gasteiger charge is -2.69. The number of hydrogen-bond acceptors (Lipinski definition) is 9. The fraction of sp³-hybridized carbons (Fsp3) is 0.676. The number of hydrogen-bond donors (Lipinski definition) is 6. The third-order valence-electron chi connectivity index (χ3n) is 14.1. The maximum atomic E-state index is 13.4. The van der Waals surface area contributed by atoms with E-state index in [-0.39, 0.29) is 56.2 Å². The van der Waals surface area contributed by atoms with E-state index in [2.05, 4.69) is 23.2 Å². The summed E-state index contributed by atoms with van der Waals surface area (Å²) in [6.45, 7) is -0.247. The number of aliphatic hydroxyl groups is 5. The van der Waals surface area contributed by atoms with Crippen LogP contribution in [0.4, 0.5) is 0 Å². The monoisotopic (exact) mass is 631 g/mol. The van der Waals surface area contributed by atoms with Crippen LogP contribution in [0.5, 0.6) is 0 Å². The highest BCUT2D eigenvalue weighted by atomic mass is 16.5. The molecule has 0 amide bonds. The zero-order chi connectivity index (χ0) is 32.1. The Hall–Kier alpha value is -2.58. The number of carbonyl (C=O) groups is 2. The predicted octanol–water partition coefficient (Wildman–Crippen LogP) is 1.90. The molecule has 0 aromatic heterocycles. The fourth-order valence-electron chi connectivity index (χ4n) is 12.4. The number of rotatable bonds is 3. The highest BCUT2D eigenvalue weighted by Gasteiger charge is 2.80. The van der Waals surface area contributed by atoms with Crippen molar-refractivity contribution in [2.45, 2.75) is 112 Å². The number of ether oxygens (including phenoxy) is 1. The summed E-state index contributed by atoms with van der Waals surface area (Å²) in [6, 6.07) is 7.75. The Morgan fingerprint density at radius 2 is 1.87 bits per heavy atom. The molecule has 6 aliphatic carbocycles. The second-order valence-electron chi connectivity index (χ2n) is 15.6. The van der Waals surface area contributed by atoms with E-state index in [9.17, 15) is 35.1 Å². The van der Waals surface area contributed by atoms with Gasteiger partial charge in [-0.2, -0.15) is 0 Å². The number of nitrogens with one attached hydrogen (secondary N) is 1. The SMILES string of the molecule is O=C[C@]12CC[C@H](O)C[C@]1(O)CC[C@]1(O)[C@H]2CC[C@@]23CCC#Cc4ccccc4C[C@@H](NCO)[C@H]4C[C@H](C[C@]21O)[C@@H]3C1=CC(=O)O[C@H]14. The second kappa shape index (κ2) is 10.5. The Balaban J connectivity index is 1.29. The first-order valence-corrected chi connectivity index (χ1v) is 17.2. The van der Waals surface area contributed by atoms with Crippen molar-refractivity contribution >= 4 is 12.3 Å². The van der Waals surface area contributed by atoms with Crippen molar-refractivity contribution in [3.63, 3.8) is 0 Å². The van der Waals surface area contributed by atoms with Gasteiger partial charge in [-0.25, -0.2) is 4.79 Å².